The van der Waals surface area contributed by atoms with E-state index in [1.807, 2.05) is 6.07 Å². The molecule has 0 saturated carbocycles. The largest absolute Gasteiger partial charge is 0.351 e. The Morgan fingerprint density at radius 2 is 1.60 bits per heavy atom. The Kier molecular flexibility index (Phi) is 4.89. The first kappa shape index (κ1) is 17.0. The SMILES string of the molecule is CCCCc1cc(=O)c(C(C)(C)C)c(C(C)(C)C)n1C. The zero-order valence-corrected chi connectivity index (χ0v) is 14.6. The van der Waals surface area contributed by atoms with Crippen LogP contribution in [0.5, 0.6) is 0 Å². The lowest BCUT2D eigenvalue weighted by atomic mass is 9.77. The van der Waals surface area contributed by atoms with Crippen LogP contribution in [-0.2, 0) is 24.3 Å². The van der Waals surface area contributed by atoms with Gasteiger partial charge in [-0.15, -0.1) is 0 Å². The summed E-state index contributed by atoms with van der Waals surface area (Å²) in [5.74, 6) is 0. The summed E-state index contributed by atoms with van der Waals surface area (Å²) in [6.07, 6.45) is 3.27. The van der Waals surface area contributed by atoms with Crippen molar-refractivity contribution in [3.05, 3.63) is 33.2 Å². The van der Waals surface area contributed by atoms with Gasteiger partial charge in [0.25, 0.3) is 0 Å². The monoisotopic (exact) mass is 277 g/mol. The van der Waals surface area contributed by atoms with Gasteiger partial charge >= 0.3 is 0 Å². The molecule has 0 aliphatic rings. The molecule has 1 aromatic rings. The van der Waals surface area contributed by atoms with Gasteiger partial charge in [0.15, 0.2) is 5.43 Å². The minimum Gasteiger partial charge on any atom is -0.351 e. The lowest BCUT2D eigenvalue weighted by Crippen LogP contribution is -2.34. The molecule has 0 saturated heterocycles. The number of hydrogen-bond acceptors (Lipinski definition) is 1. The first-order valence-electron chi connectivity index (χ1n) is 7.74. The predicted octanol–water partition coefficient (Wildman–Crippen LogP) is 4.32. The molecule has 1 heterocycles. The van der Waals surface area contributed by atoms with Gasteiger partial charge in [0.05, 0.1) is 0 Å². The van der Waals surface area contributed by atoms with Crippen LogP contribution in [0.4, 0.5) is 0 Å². The predicted molar refractivity (Wildman–Crippen MR) is 87.7 cm³/mol. The summed E-state index contributed by atoms with van der Waals surface area (Å²) in [5, 5.41) is 0. The van der Waals surface area contributed by atoms with Crippen molar-refractivity contribution in [2.24, 2.45) is 7.05 Å². The second-order valence-corrected chi connectivity index (χ2v) is 7.89. The van der Waals surface area contributed by atoms with Crippen molar-refractivity contribution >= 4 is 0 Å². The molecule has 0 aromatic carbocycles. The molecular formula is C18H31NO. The van der Waals surface area contributed by atoms with Gasteiger partial charge < -0.3 is 4.57 Å². The highest BCUT2D eigenvalue weighted by Gasteiger charge is 2.30. The fourth-order valence-electron chi connectivity index (χ4n) is 2.95. The quantitative estimate of drug-likeness (QED) is 0.806. The normalized spacial score (nSPS) is 12.8. The number of aryl methyl sites for hydroxylation is 1. The van der Waals surface area contributed by atoms with Crippen LogP contribution in [0, 0.1) is 0 Å². The van der Waals surface area contributed by atoms with Crippen LogP contribution in [-0.4, -0.2) is 4.57 Å². The summed E-state index contributed by atoms with van der Waals surface area (Å²) in [6, 6.07) is 1.85. The van der Waals surface area contributed by atoms with Crippen molar-refractivity contribution in [3.63, 3.8) is 0 Å². The third-order valence-corrected chi connectivity index (χ3v) is 3.79. The van der Waals surface area contributed by atoms with Gasteiger partial charge in [-0.1, -0.05) is 54.9 Å². The van der Waals surface area contributed by atoms with Crippen LogP contribution in [0.3, 0.4) is 0 Å². The summed E-state index contributed by atoms with van der Waals surface area (Å²) >= 11 is 0. The third-order valence-electron chi connectivity index (χ3n) is 3.79. The summed E-state index contributed by atoms with van der Waals surface area (Å²) < 4.78 is 2.26. The second kappa shape index (κ2) is 5.75. The maximum absolute atomic E-state index is 12.7. The molecule has 0 radical (unpaired) electrons. The zero-order valence-electron chi connectivity index (χ0n) is 14.6. The Morgan fingerprint density at radius 1 is 1.05 bits per heavy atom. The molecule has 0 spiro atoms. The molecule has 0 bridgehead atoms. The van der Waals surface area contributed by atoms with Crippen molar-refractivity contribution in [2.45, 2.75) is 78.6 Å². The van der Waals surface area contributed by atoms with E-state index in [2.05, 4.69) is 60.1 Å². The highest BCUT2D eigenvalue weighted by molar-refractivity contribution is 5.35. The van der Waals surface area contributed by atoms with Crippen LogP contribution in [0.2, 0.25) is 0 Å². The van der Waals surface area contributed by atoms with Crippen LogP contribution >= 0.6 is 0 Å². The molecule has 1 rings (SSSR count). The molecule has 0 unspecified atom stereocenters. The Morgan fingerprint density at radius 3 is 2.00 bits per heavy atom. The summed E-state index contributed by atoms with van der Waals surface area (Å²) in [5.41, 5.74) is 3.36. The summed E-state index contributed by atoms with van der Waals surface area (Å²) in [7, 11) is 2.11. The van der Waals surface area contributed by atoms with Gasteiger partial charge in [-0.2, -0.15) is 0 Å². The number of aromatic nitrogens is 1. The smallest absolute Gasteiger partial charge is 0.185 e. The molecule has 20 heavy (non-hydrogen) atoms. The highest BCUT2D eigenvalue weighted by Crippen LogP contribution is 2.32. The van der Waals surface area contributed by atoms with E-state index in [0.717, 1.165) is 30.5 Å². The minimum atomic E-state index is -0.124. The van der Waals surface area contributed by atoms with E-state index in [9.17, 15) is 4.79 Å². The number of hydrogen-bond donors (Lipinski definition) is 0. The van der Waals surface area contributed by atoms with E-state index < -0.39 is 0 Å². The first-order chi connectivity index (χ1) is 9.00. The minimum absolute atomic E-state index is 0.0290. The molecule has 2 heteroatoms. The fraction of sp³-hybridized carbons (Fsp3) is 0.722. The van der Waals surface area contributed by atoms with Gasteiger partial charge in [0, 0.05) is 35.5 Å². The Balaban J connectivity index is 3.64. The van der Waals surface area contributed by atoms with Crippen LogP contribution in [0.1, 0.15) is 78.3 Å². The summed E-state index contributed by atoms with van der Waals surface area (Å²) in [4.78, 5) is 12.7. The van der Waals surface area contributed by atoms with E-state index in [-0.39, 0.29) is 16.3 Å². The molecule has 0 amide bonds. The average molecular weight is 277 g/mol. The first-order valence-corrected chi connectivity index (χ1v) is 7.74. The maximum Gasteiger partial charge on any atom is 0.185 e. The van der Waals surface area contributed by atoms with E-state index in [1.54, 1.807) is 0 Å². The standard InChI is InChI=1S/C18H31NO/c1-9-10-11-13-12-14(20)15(17(2,3)4)16(19(13)8)18(5,6)7/h12H,9-11H2,1-8H3. The van der Waals surface area contributed by atoms with Crippen molar-refractivity contribution < 1.29 is 0 Å². The lowest BCUT2D eigenvalue weighted by Gasteiger charge is -2.33. The molecule has 114 valence electrons. The van der Waals surface area contributed by atoms with Crippen molar-refractivity contribution in [3.8, 4) is 0 Å². The molecule has 0 atom stereocenters. The number of pyridine rings is 1. The van der Waals surface area contributed by atoms with Crippen molar-refractivity contribution in [1.82, 2.24) is 4.57 Å². The van der Waals surface area contributed by atoms with Gasteiger partial charge in [-0.25, -0.2) is 0 Å². The third kappa shape index (κ3) is 3.53. The molecule has 0 fully saturated rings. The van der Waals surface area contributed by atoms with Gasteiger partial charge in [0.2, 0.25) is 0 Å². The van der Waals surface area contributed by atoms with Gasteiger partial charge in [-0.05, 0) is 18.3 Å². The summed E-state index contributed by atoms with van der Waals surface area (Å²) in [6.45, 7) is 15.2. The Bertz CT molecular complexity index is 524. The average Bonchev–Trinajstić information content (AvgIpc) is 2.26. The molecule has 0 aliphatic heterocycles. The van der Waals surface area contributed by atoms with Crippen molar-refractivity contribution in [2.75, 3.05) is 0 Å². The highest BCUT2D eigenvalue weighted by atomic mass is 16.1. The van der Waals surface area contributed by atoms with Crippen LogP contribution < -0.4 is 5.43 Å². The number of nitrogens with zero attached hydrogens (tertiary/aromatic N) is 1. The van der Waals surface area contributed by atoms with Gasteiger partial charge in [-0.3, -0.25) is 4.79 Å². The maximum atomic E-state index is 12.7. The lowest BCUT2D eigenvalue weighted by molar-refractivity contribution is 0.479. The van der Waals surface area contributed by atoms with Crippen LogP contribution in [0.15, 0.2) is 10.9 Å². The second-order valence-electron chi connectivity index (χ2n) is 7.89. The molecule has 1 aromatic heterocycles. The molecule has 0 aliphatic carbocycles. The van der Waals surface area contributed by atoms with Crippen LogP contribution in [0.25, 0.3) is 0 Å². The molecule has 2 nitrogen and oxygen atoms in total. The topological polar surface area (TPSA) is 22.0 Å². The Hall–Kier alpha value is -1.05. The number of rotatable bonds is 3. The Labute approximate surface area is 124 Å². The van der Waals surface area contributed by atoms with E-state index in [1.165, 1.54) is 5.69 Å². The molecule has 0 N–H and O–H groups in total. The van der Waals surface area contributed by atoms with Gasteiger partial charge in [0.1, 0.15) is 0 Å². The van der Waals surface area contributed by atoms with E-state index in [4.69, 9.17) is 0 Å². The zero-order chi connectivity index (χ0) is 15.7. The molecular weight excluding hydrogens is 246 g/mol. The number of unbranched alkanes of at least 4 members (excludes halogenated alkanes) is 1. The van der Waals surface area contributed by atoms with E-state index in [0.29, 0.717) is 0 Å². The fourth-order valence-corrected chi connectivity index (χ4v) is 2.95. The van der Waals surface area contributed by atoms with E-state index >= 15 is 0 Å². The van der Waals surface area contributed by atoms with Crippen molar-refractivity contribution in [1.29, 1.82) is 0 Å².